The first-order valence-electron chi connectivity index (χ1n) is 8.10. The predicted octanol–water partition coefficient (Wildman–Crippen LogP) is 2.66. The number of methoxy groups -OCH3 is 1. The van der Waals surface area contributed by atoms with Crippen LogP contribution in [0.15, 0.2) is 30.3 Å². The molecule has 0 amide bonds. The van der Waals surface area contributed by atoms with Gasteiger partial charge in [-0.25, -0.2) is 0 Å². The minimum absolute atomic E-state index is 0.158. The first-order chi connectivity index (χ1) is 10.1. The van der Waals surface area contributed by atoms with Crippen LogP contribution in [0.5, 0.6) is 0 Å². The van der Waals surface area contributed by atoms with Crippen molar-refractivity contribution in [2.24, 2.45) is 0 Å². The Morgan fingerprint density at radius 3 is 2.62 bits per heavy atom. The third kappa shape index (κ3) is 5.42. The van der Waals surface area contributed by atoms with Crippen LogP contribution < -0.4 is 5.32 Å². The lowest BCUT2D eigenvalue weighted by Gasteiger charge is -2.35. The van der Waals surface area contributed by atoms with E-state index in [9.17, 15) is 0 Å². The molecule has 3 heteroatoms. The van der Waals surface area contributed by atoms with E-state index in [4.69, 9.17) is 4.74 Å². The first kappa shape index (κ1) is 16.5. The molecule has 0 radical (unpaired) electrons. The van der Waals surface area contributed by atoms with Crippen molar-refractivity contribution in [3.05, 3.63) is 35.9 Å². The predicted molar refractivity (Wildman–Crippen MR) is 88.8 cm³/mol. The van der Waals surface area contributed by atoms with Crippen LogP contribution in [0, 0.1) is 0 Å². The molecule has 1 saturated carbocycles. The summed E-state index contributed by atoms with van der Waals surface area (Å²) >= 11 is 0. The van der Waals surface area contributed by atoms with Gasteiger partial charge < -0.3 is 15.0 Å². The van der Waals surface area contributed by atoms with Crippen LogP contribution in [0.1, 0.15) is 31.7 Å². The third-order valence-electron chi connectivity index (χ3n) is 4.34. The number of ether oxygens (including phenoxy) is 1. The summed E-state index contributed by atoms with van der Waals surface area (Å²) in [6, 6.07) is 11.7. The van der Waals surface area contributed by atoms with E-state index in [0.29, 0.717) is 0 Å². The molecule has 1 aromatic carbocycles. The smallest absolute Gasteiger partial charge is 0.0474 e. The summed E-state index contributed by atoms with van der Waals surface area (Å²) in [6.07, 6.45) is 3.77. The Bertz CT molecular complexity index is 405. The summed E-state index contributed by atoms with van der Waals surface area (Å²) in [6.45, 7) is 6.42. The van der Waals surface area contributed by atoms with E-state index in [-0.39, 0.29) is 5.41 Å². The van der Waals surface area contributed by atoms with E-state index in [0.717, 1.165) is 38.7 Å². The van der Waals surface area contributed by atoms with Gasteiger partial charge >= 0.3 is 0 Å². The molecule has 0 aromatic heterocycles. The molecule has 2 rings (SSSR count). The van der Waals surface area contributed by atoms with Crippen molar-refractivity contribution in [3.8, 4) is 0 Å². The summed E-state index contributed by atoms with van der Waals surface area (Å²) in [7, 11) is 3.99. The zero-order valence-corrected chi connectivity index (χ0v) is 13.8. The molecule has 0 heterocycles. The molecule has 0 bridgehead atoms. The minimum Gasteiger partial charge on any atom is -0.385 e. The summed E-state index contributed by atoms with van der Waals surface area (Å²) in [5.41, 5.74) is 1.59. The van der Waals surface area contributed by atoms with E-state index in [1.165, 1.54) is 18.4 Å². The molecular weight excluding hydrogens is 260 g/mol. The van der Waals surface area contributed by atoms with Gasteiger partial charge in [0, 0.05) is 44.8 Å². The molecule has 1 aromatic rings. The van der Waals surface area contributed by atoms with Crippen LogP contribution in [0.3, 0.4) is 0 Å². The summed E-state index contributed by atoms with van der Waals surface area (Å²) < 4.78 is 5.16. The second-order valence-corrected chi connectivity index (χ2v) is 6.67. The fraction of sp³-hybridized carbons (Fsp3) is 0.667. The highest BCUT2D eigenvalue weighted by Gasteiger charge is 2.31. The van der Waals surface area contributed by atoms with Crippen LogP contribution in [0.25, 0.3) is 0 Å². The van der Waals surface area contributed by atoms with Crippen LogP contribution in [0.2, 0.25) is 0 Å². The monoisotopic (exact) mass is 290 g/mol. The van der Waals surface area contributed by atoms with E-state index >= 15 is 0 Å². The van der Waals surface area contributed by atoms with Crippen molar-refractivity contribution in [1.82, 2.24) is 10.2 Å². The summed E-state index contributed by atoms with van der Waals surface area (Å²) in [5.74, 6) is 0. The molecule has 1 aliphatic carbocycles. The number of likely N-dealkylation sites (N-methyl/N-ethyl adjacent to an activating group) is 1. The highest BCUT2D eigenvalue weighted by atomic mass is 16.5. The van der Waals surface area contributed by atoms with Gasteiger partial charge in [0.15, 0.2) is 0 Å². The van der Waals surface area contributed by atoms with Crippen molar-refractivity contribution < 1.29 is 4.74 Å². The van der Waals surface area contributed by atoms with Crippen LogP contribution in [-0.2, 0) is 10.2 Å². The normalized spacial score (nSPS) is 17.9. The maximum absolute atomic E-state index is 5.16. The van der Waals surface area contributed by atoms with Crippen molar-refractivity contribution >= 4 is 0 Å². The van der Waals surface area contributed by atoms with Gasteiger partial charge in [-0.1, -0.05) is 37.3 Å². The van der Waals surface area contributed by atoms with Crippen LogP contribution >= 0.6 is 0 Å². The molecule has 1 unspecified atom stereocenters. The van der Waals surface area contributed by atoms with Crippen molar-refractivity contribution in [2.75, 3.05) is 40.4 Å². The van der Waals surface area contributed by atoms with Crippen molar-refractivity contribution in [2.45, 2.75) is 37.6 Å². The molecule has 1 N–H and O–H groups in total. The minimum atomic E-state index is 0.158. The Morgan fingerprint density at radius 1 is 1.29 bits per heavy atom. The number of nitrogens with zero attached hydrogens (tertiary/aromatic N) is 1. The van der Waals surface area contributed by atoms with Gasteiger partial charge in [-0.05, 0) is 31.9 Å². The van der Waals surface area contributed by atoms with Gasteiger partial charge in [0.05, 0.1) is 0 Å². The second kappa shape index (κ2) is 7.92. The lowest BCUT2D eigenvalue weighted by atomic mass is 9.81. The van der Waals surface area contributed by atoms with E-state index in [2.05, 4.69) is 54.5 Å². The number of rotatable bonds is 10. The molecule has 1 aliphatic rings. The second-order valence-electron chi connectivity index (χ2n) is 6.67. The van der Waals surface area contributed by atoms with Crippen molar-refractivity contribution in [1.29, 1.82) is 0 Å². The maximum atomic E-state index is 5.16. The Morgan fingerprint density at radius 2 is 2.00 bits per heavy atom. The Labute approximate surface area is 129 Å². The standard InChI is InChI=1S/C18H30N2O/c1-18(14-19-17-10-11-17,16-8-5-4-6-9-16)15-20(2)12-7-13-21-3/h4-6,8-9,17,19H,7,10-15H2,1-3H3. The fourth-order valence-corrected chi connectivity index (χ4v) is 2.90. The van der Waals surface area contributed by atoms with Crippen LogP contribution in [-0.4, -0.2) is 51.3 Å². The average Bonchev–Trinajstić information content (AvgIpc) is 3.31. The SMILES string of the molecule is COCCCN(C)CC(C)(CNC1CC1)c1ccccc1. The summed E-state index contributed by atoms with van der Waals surface area (Å²) in [4.78, 5) is 2.43. The van der Waals surface area contributed by atoms with E-state index < -0.39 is 0 Å². The largest absolute Gasteiger partial charge is 0.385 e. The molecule has 0 spiro atoms. The van der Waals surface area contributed by atoms with Gasteiger partial charge in [-0.3, -0.25) is 0 Å². The fourth-order valence-electron chi connectivity index (χ4n) is 2.90. The zero-order valence-electron chi connectivity index (χ0n) is 13.8. The molecule has 118 valence electrons. The van der Waals surface area contributed by atoms with E-state index in [1.54, 1.807) is 7.11 Å². The lowest BCUT2D eigenvalue weighted by molar-refractivity contribution is 0.170. The molecular formula is C18H30N2O. The quantitative estimate of drug-likeness (QED) is 0.671. The van der Waals surface area contributed by atoms with E-state index in [1.807, 2.05) is 0 Å². The van der Waals surface area contributed by atoms with Gasteiger partial charge in [0.25, 0.3) is 0 Å². The van der Waals surface area contributed by atoms with Gasteiger partial charge in [-0.15, -0.1) is 0 Å². The highest BCUT2D eigenvalue weighted by Crippen LogP contribution is 2.27. The topological polar surface area (TPSA) is 24.5 Å². The average molecular weight is 290 g/mol. The lowest BCUT2D eigenvalue weighted by Crippen LogP contribution is -2.45. The van der Waals surface area contributed by atoms with Gasteiger partial charge in [-0.2, -0.15) is 0 Å². The molecule has 3 nitrogen and oxygen atoms in total. The number of benzene rings is 1. The molecule has 1 atom stereocenters. The van der Waals surface area contributed by atoms with Gasteiger partial charge in [0.2, 0.25) is 0 Å². The molecule has 21 heavy (non-hydrogen) atoms. The zero-order chi connectivity index (χ0) is 15.1. The Balaban J connectivity index is 1.96. The summed E-state index contributed by atoms with van der Waals surface area (Å²) in [5, 5.41) is 3.72. The number of hydrogen-bond acceptors (Lipinski definition) is 3. The molecule has 0 aliphatic heterocycles. The first-order valence-corrected chi connectivity index (χ1v) is 8.10. The highest BCUT2D eigenvalue weighted by molar-refractivity contribution is 5.25. The van der Waals surface area contributed by atoms with Crippen LogP contribution in [0.4, 0.5) is 0 Å². The Hall–Kier alpha value is -0.900. The maximum Gasteiger partial charge on any atom is 0.0474 e. The molecule has 1 fully saturated rings. The molecule has 0 saturated heterocycles. The third-order valence-corrected chi connectivity index (χ3v) is 4.34. The number of hydrogen-bond donors (Lipinski definition) is 1. The number of nitrogens with one attached hydrogen (secondary N) is 1. The Kier molecular flexibility index (Phi) is 6.22. The van der Waals surface area contributed by atoms with Gasteiger partial charge in [0.1, 0.15) is 0 Å². The van der Waals surface area contributed by atoms with Crippen molar-refractivity contribution in [3.63, 3.8) is 0 Å².